The fourth-order valence-electron chi connectivity index (χ4n) is 2.30. The average Bonchev–Trinajstić information content (AvgIpc) is 3.17. The summed E-state index contributed by atoms with van der Waals surface area (Å²) in [6.45, 7) is 2.62. The highest BCUT2D eigenvalue weighted by Gasteiger charge is 2.18. The average molecular weight is 346 g/mol. The van der Waals surface area contributed by atoms with E-state index in [0.717, 1.165) is 5.56 Å². The van der Waals surface area contributed by atoms with Crippen LogP contribution in [0.2, 0.25) is 5.02 Å². The van der Waals surface area contributed by atoms with E-state index >= 15 is 0 Å². The summed E-state index contributed by atoms with van der Waals surface area (Å²) in [5, 5.41) is 2.63. The number of aryl methyl sites for hydroxylation is 1. The van der Waals surface area contributed by atoms with Crippen LogP contribution < -0.4 is 0 Å². The van der Waals surface area contributed by atoms with Crippen LogP contribution >= 0.6 is 22.9 Å². The number of halogens is 1. The van der Waals surface area contributed by atoms with E-state index in [0.29, 0.717) is 23.1 Å². The zero-order valence-corrected chi connectivity index (χ0v) is 14.4. The molecular weight excluding hydrogens is 330 g/mol. The molecule has 118 valence electrons. The van der Waals surface area contributed by atoms with Crippen LogP contribution in [-0.4, -0.2) is 17.9 Å². The molecule has 1 aromatic carbocycles. The summed E-state index contributed by atoms with van der Waals surface area (Å²) in [6, 6.07) is 12.9. The number of hydrogen-bond donors (Lipinski definition) is 0. The molecule has 0 radical (unpaired) electrons. The fourth-order valence-corrected chi connectivity index (χ4v) is 3.49. The van der Waals surface area contributed by atoms with E-state index in [4.69, 9.17) is 16.0 Å². The Balaban J connectivity index is 1.78. The fraction of sp³-hybridized carbons (Fsp3) is 0.167. The van der Waals surface area contributed by atoms with Crippen molar-refractivity contribution in [2.75, 3.05) is 7.05 Å². The Morgan fingerprint density at radius 1 is 1.22 bits per heavy atom. The van der Waals surface area contributed by atoms with Crippen LogP contribution in [0, 0.1) is 6.92 Å². The standard InChI is InChI=1S/C18H16ClNO2S/c1-12-9-10-23-17(12)11-20(2)18(21)16-8-7-15(22-16)13-5-3-4-6-14(13)19/h3-10H,11H2,1-2H3. The van der Waals surface area contributed by atoms with Crippen LogP contribution in [-0.2, 0) is 6.54 Å². The molecule has 0 saturated heterocycles. The summed E-state index contributed by atoms with van der Waals surface area (Å²) in [4.78, 5) is 15.4. The first-order chi connectivity index (χ1) is 11.1. The second kappa shape index (κ2) is 6.60. The van der Waals surface area contributed by atoms with Crippen molar-refractivity contribution < 1.29 is 9.21 Å². The molecule has 1 amide bonds. The number of benzene rings is 1. The van der Waals surface area contributed by atoms with Gasteiger partial charge in [-0.2, -0.15) is 0 Å². The van der Waals surface area contributed by atoms with Crippen molar-refractivity contribution >= 4 is 28.8 Å². The molecule has 0 N–H and O–H groups in total. The SMILES string of the molecule is Cc1ccsc1CN(C)C(=O)c1ccc(-c2ccccc2Cl)o1. The molecule has 0 fully saturated rings. The van der Waals surface area contributed by atoms with Gasteiger partial charge in [-0.1, -0.05) is 23.7 Å². The summed E-state index contributed by atoms with van der Waals surface area (Å²) >= 11 is 7.82. The van der Waals surface area contributed by atoms with Gasteiger partial charge in [0.15, 0.2) is 5.76 Å². The maximum atomic E-state index is 12.5. The van der Waals surface area contributed by atoms with Gasteiger partial charge in [0, 0.05) is 17.5 Å². The van der Waals surface area contributed by atoms with Crippen LogP contribution in [0.4, 0.5) is 0 Å². The third-order valence-corrected chi connectivity index (χ3v) is 4.99. The Morgan fingerprint density at radius 2 is 2.00 bits per heavy atom. The summed E-state index contributed by atoms with van der Waals surface area (Å²) < 4.78 is 5.71. The second-order valence-corrected chi connectivity index (χ2v) is 6.74. The molecule has 3 nitrogen and oxygen atoms in total. The van der Waals surface area contributed by atoms with Crippen molar-refractivity contribution in [3.05, 3.63) is 69.1 Å². The molecule has 5 heteroatoms. The highest BCUT2D eigenvalue weighted by Crippen LogP contribution is 2.29. The maximum absolute atomic E-state index is 12.5. The van der Waals surface area contributed by atoms with E-state index in [1.165, 1.54) is 10.4 Å². The summed E-state index contributed by atoms with van der Waals surface area (Å²) in [5.41, 5.74) is 1.98. The minimum absolute atomic E-state index is 0.142. The molecule has 23 heavy (non-hydrogen) atoms. The molecule has 2 aromatic heterocycles. The Kier molecular flexibility index (Phi) is 4.55. The number of hydrogen-bond acceptors (Lipinski definition) is 3. The molecule has 0 aliphatic heterocycles. The summed E-state index contributed by atoms with van der Waals surface area (Å²) in [7, 11) is 1.78. The first-order valence-corrected chi connectivity index (χ1v) is 8.45. The molecule has 0 aliphatic carbocycles. The number of rotatable bonds is 4. The maximum Gasteiger partial charge on any atom is 0.289 e. The van der Waals surface area contributed by atoms with Crippen LogP contribution in [0.1, 0.15) is 21.0 Å². The Hall–Kier alpha value is -2.04. The highest BCUT2D eigenvalue weighted by atomic mass is 35.5. The summed E-state index contributed by atoms with van der Waals surface area (Å²) in [5.74, 6) is 0.771. The largest absolute Gasteiger partial charge is 0.451 e. The lowest BCUT2D eigenvalue weighted by Gasteiger charge is -2.15. The molecule has 0 aliphatic rings. The first kappa shape index (κ1) is 15.8. The zero-order chi connectivity index (χ0) is 16.4. The van der Waals surface area contributed by atoms with Gasteiger partial charge < -0.3 is 9.32 Å². The molecule has 0 unspecified atom stereocenters. The lowest BCUT2D eigenvalue weighted by molar-refractivity contribution is 0.0755. The first-order valence-electron chi connectivity index (χ1n) is 7.19. The quantitative estimate of drug-likeness (QED) is 0.647. The van der Waals surface area contributed by atoms with Gasteiger partial charge >= 0.3 is 0 Å². The zero-order valence-electron chi connectivity index (χ0n) is 12.9. The lowest BCUT2D eigenvalue weighted by Crippen LogP contribution is -2.25. The Morgan fingerprint density at radius 3 is 2.70 bits per heavy atom. The normalized spacial score (nSPS) is 10.7. The van der Waals surface area contributed by atoms with Crippen LogP contribution in [0.3, 0.4) is 0 Å². The predicted octanol–water partition coefficient (Wildman–Crippen LogP) is 5.24. The monoisotopic (exact) mass is 345 g/mol. The predicted molar refractivity (Wildman–Crippen MR) is 94.0 cm³/mol. The number of thiophene rings is 1. The molecule has 0 atom stereocenters. The van der Waals surface area contributed by atoms with Gasteiger partial charge in [0.1, 0.15) is 5.76 Å². The van der Waals surface area contributed by atoms with E-state index in [1.54, 1.807) is 41.5 Å². The van der Waals surface area contributed by atoms with E-state index in [1.807, 2.05) is 30.5 Å². The minimum Gasteiger partial charge on any atom is -0.451 e. The molecule has 2 heterocycles. The van der Waals surface area contributed by atoms with Crippen molar-refractivity contribution in [2.45, 2.75) is 13.5 Å². The van der Waals surface area contributed by atoms with Gasteiger partial charge in [-0.05, 0) is 48.2 Å². The topological polar surface area (TPSA) is 33.5 Å². The van der Waals surface area contributed by atoms with E-state index < -0.39 is 0 Å². The van der Waals surface area contributed by atoms with Crippen molar-refractivity contribution in [3.63, 3.8) is 0 Å². The summed E-state index contributed by atoms with van der Waals surface area (Å²) in [6.07, 6.45) is 0. The third-order valence-electron chi connectivity index (χ3n) is 3.65. The van der Waals surface area contributed by atoms with Crippen molar-refractivity contribution in [1.82, 2.24) is 4.90 Å². The van der Waals surface area contributed by atoms with Gasteiger partial charge in [-0.15, -0.1) is 11.3 Å². The number of amides is 1. The lowest BCUT2D eigenvalue weighted by atomic mass is 10.2. The van der Waals surface area contributed by atoms with Gasteiger partial charge in [-0.3, -0.25) is 4.79 Å². The number of carbonyl (C=O) groups is 1. The molecule has 0 saturated carbocycles. The number of nitrogens with zero attached hydrogens (tertiary/aromatic N) is 1. The molecular formula is C18H16ClNO2S. The smallest absolute Gasteiger partial charge is 0.289 e. The van der Waals surface area contributed by atoms with Crippen molar-refractivity contribution in [3.8, 4) is 11.3 Å². The van der Waals surface area contributed by atoms with Gasteiger partial charge in [0.25, 0.3) is 5.91 Å². The molecule has 0 spiro atoms. The van der Waals surface area contributed by atoms with Crippen LogP contribution in [0.5, 0.6) is 0 Å². The third kappa shape index (κ3) is 3.33. The minimum atomic E-state index is -0.142. The second-order valence-electron chi connectivity index (χ2n) is 5.33. The highest BCUT2D eigenvalue weighted by molar-refractivity contribution is 7.10. The van der Waals surface area contributed by atoms with Gasteiger partial charge in [0.2, 0.25) is 0 Å². The number of furan rings is 1. The molecule has 3 aromatic rings. The number of carbonyl (C=O) groups excluding carboxylic acids is 1. The van der Waals surface area contributed by atoms with Gasteiger partial charge in [-0.25, -0.2) is 0 Å². The molecule has 0 bridgehead atoms. The Labute approximate surface area is 144 Å². The van der Waals surface area contributed by atoms with Crippen molar-refractivity contribution in [1.29, 1.82) is 0 Å². The van der Waals surface area contributed by atoms with Gasteiger partial charge in [0.05, 0.1) is 11.6 Å². The van der Waals surface area contributed by atoms with E-state index in [2.05, 4.69) is 6.07 Å². The molecule has 3 rings (SSSR count). The van der Waals surface area contributed by atoms with Crippen LogP contribution in [0.25, 0.3) is 11.3 Å². The van der Waals surface area contributed by atoms with Crippen molar-refractivity contribution in [2.24, 2.45) is 0 Å². The van der Waals surface area contributed by atoms with Crippen LogP contribution in [0.15, 0.2) is 52.3 Å². The van der Waals surface area contributed by atoms with E-state index in [-0.39, 0.29) is 5.91 Å². The van der Waals surface area contributed by atoms with E-state index in [9.17, 15) is 4.79 Å². The Bertz CT molecular complexity index is 837.